The zero-order valence-corrected chi connectivity index (χ0v) is 21.1. The Morgan fingerprint density at radius 3 is 2.67 bits per heavy atom. The molecule has 0 saturated heterocycles. The molecule has 6 aromatic rings. The molecule has 10 nitrogen and oxygen atoms in total. The van der Waals surface area contributed by atoms with Crippen LogP contribution in [0.5, 0.6) is 0 Å². The maximum atomic E-state index is 12.3. The number of aromatic nitrogens is 5. The third kappa shape index (κ3) is 3.64. The normalized spacial score (nSPS) is 14.5. The zero-order valence-electron chi connectivity index (χ0n) is 21.1. The Morgan fingerprint density at radius 2 is 1.85 bits per heavy atom. The summed E-state index contributed by atoms with van der Waals surface area (Å²) in [5, 5.41) is 4.63. The first-order valence-corrected chi connectivity index (χ1v) is 12.4. The number of hydrogen-bond acceptors (Lipinski definition) is 7. The van der Waals surface area contributed by atoms with E-state index in [4.69, 9.17) is 9.72 Å². The van der Waals surface area contributed by atoms with Crippen molar-refractivity contribution < 1.29 is 9.53 Å². The number of H-pyrrole nitrogens is 2. The molecule has 0 saturated carbocycles. The van der Waals surface area contributed by atoms with Gasteiger partial charge in [-0.2, -0.15) is 0 Å². The molecule has 0 spiro atoms. The van der Waals surface area contributed by atoms with E-state index in [0.29, 0.717) is 11.1 Å². The van der Waals surface area contributed by atoms with E-state index < -0.39 is 5.97 Å². The number of carbonyl (C=O) groups excluding carboxylic acids is 1. The van der Waals surface area contributed by atoms with Crippen LogP contribution >= 0.6 is 0 Å². The minimum Gasteiger partial charge on any atom is -0.465 e. The SMILES string of the molecule is COC(=O)c1ccc2c(c1)NC(c1cc(-c3cncn3C)nc3ccccc13)N2c1ccc2[nH]c(=O)[nH]c2c1. The number of benzene rings is 3. The number of anilines is 3. The number of esters is 1. The van der Waals surface area contributed by atoms with Gasteiger partial charge in [0.05, 0.1) is 64.5 Å². The van der Waals surface area contributed by atoms with Crippen LogP contribution in [0.3, 0.4) is 0 Å². The van der Waals surface area contributed by atoms with Crippen LogP contribution < -0.4 is 15.9 Å². The van der Waals surface area contributed by atoms with Gasteiger partial charge >= 0.3 is 11.7 Å². The zero-order chi connectivity index (χ0) is 26.7. The molecule has 1 aliphatic rings. The van der Waals surface area contributed by atoms with Gasteiger partial charge in [-0.1, -0.05) is 18.2 Å². The summed E-state index contributed by atoms with van der Waals surface area (Å²) in [6.07, 6.45) is 3.20. The number of hydrogen-bond donors (Lipinski definition) is 3. The molecule has 0 aliphatic carbocycles. The number of rotatable bonds is 4. The number of aryl methyl sites for hydroxylation is 1. The molecule has 1 unspecified atom stereocenters. The van der Waals surface area contributed by atoms with Gasteiger partial charge in [0.25, 0.3) is 0 Å². The highest BCUT2D eigenvalue weighted by atomic mass is 16.5. The van der Waals surface area contributed by atoms with Gasteiger partial charge in [0.2, 0.25) is 0 Å². The van der Waals surface area contributed by atoms with Crippen molar-refractivity contribution in [2.75, 3.05) is 17.3 Å². The summed E-state index contributed by atoms with van der Waals surface area (Å²) >= 11 is 0. The van der Waals surface area contributed by atoms with Crippen molar-refractivity contribution in [3.8, 4) is 11.4 Å². The van der Waals surface area contributed by atoms with Crippen LogP contribution in [-0.2, 0) is 11.8 Å². The average molecular weight is 518 g/mol. The first-order valence-electron chi connectivity index (χ1n) is 12.4. The monoisotopic (exact) mass is 517 g/mol. The molecule has 0 bridgehead atoms. The number of methoxy groups -OCH3 is 1. The first kappa shape index (κ1) is 22.8. The molecule has 0 amide bonds. The number of carbonyl (C=O) groups is 1. The molecule has 0 fully saturated rings. The Labute approximate surface area is 221 Å². The number of pyridine rings is 1. The lowest BCUT2D eigenvalue weighted by atomic mass is 10.0. The molecule has 1 aliphatic heterocycles. The average Bonchev–Trinajstić information content (AvgIpc) is 3.66. The number of nitrogens with one attached hydrogen (secondary N) is 3. The van der Waals surface area contributed by atoms with E-state index in [1.54, 1.807) is 24.7 Å². The largest absolute Gasteiger partial charge is 0.465 e. The molecule has 192 valence electrons. The Morgan fingerprint density at radius 1 is 1.00 bits per heavy atom. The van der Waals surface area contributed by atoms with Gasteiger partial charge in [0, 0.05) is 23.7 Å². The fraction of sp³-hybridized carbons (Fsp3) is 0.103. The number of para-hydroxylation sites is 1. The van der Waals surface area contributed by atoms with Crippen LogP contribution in [0, 0.1) is 0 Å². The van der Waals surface area contributed by atoms with Gasteiger partial charge in [0.15, 0.2) is 0 Å². The van der Waals surface area contributed by atoms with Crippen molar-refractivity contribution >= 4 is 45.0 Å². The highest BCUT2D eigenvalue weighted by Gasteiger charge is 2.34. The molecule has 4 heterocycles. The van der Waals surface area contributed by atoms with Crippen LogP contribution in [0.1, 0.15) is 22.1 Å². The van der Waals surface area contributed by atoms with Crippen molar-refractivity contribution in [2.24, 2.45) is 7.05 Å². The van der Waals surface area contributed by atoms with Crippen molar-refractivity contribution in [3.63, 3.8) is 0 Å². The molecule has 3 N–H and O–H groups in total. The lowest BCUT2D eigenvalue weighted by Crippen LogP contribution is -2.24. The molecule has 1 atom stereocenters. The van der Waals surface area contributed by atoms with Crippen LogP contribution in [0.2, 0.25) is 0 Å². The van der Waals surface area contributed by atoms with E-state index >= 15 is 0 Å². The fourth-order valence-corrected chi connectivity index (χ4v) is 5.30. The molecule has 39 heavy (non-hydrogen) atoms. The Hall–Kier alpha value is -5.38. The summed E-state index contributed by atoms with van der Waals surface area (Å²) in [6, 6.07) is 21.4. The molecule has 7 rings (SSSR count). The van der Waals surface area contributed by atoms with E-state index in [0.717, 1.165) is 50.4 Å². The number of ether oxygens (including phenoxy) is 1. The summed E-state index contributed by atoms with van der Waals surface area (Å²) in [7, 11) is 3.31. The quantitative estimate of drug-likeness (QED) is 0.286. The summed E-state index contributed by atoms with van der Waals surface area (Å²) < 4.78 is 6.90. The number of fused-ring (bicyclic) bond motifs is 3. The van der Waals surface area contributed by atoms with Crippen molar-refractivity contribution in [2.45, 2.75) is 6.17 Å². The van der Waals surface area contributed by atoms with Crippen molar-refractivity contribution in [3.05, 3.63) is 101 Å². The standard InChI is InChI=1S/C29H23N7O3/c1-35-15-30-14-26(35)24-13-19(18-5-3-4-6-20(18)31-24)27-32-23-11-16(28(37)39-2)7-10-25(23)36(27)17-8-9-21-22(12-17)34-29(38)33-21/h3-15,27,32H,1-2H3,(H2,33,34,38). The fourth-order valence-electron chi connectivity index (χ4n) is 5.30. The molecule has 3 aromatic heterocycles. The second kappa shape index (κ2) is 8.59. The molecule has 3 aromatic carbocycles. The van der Waals surface area contributed by atoms with Gasteiger partial charge in [-0.05, 0) is 48.5 Å². The van der Waals surface area contributed by atoms with Crippen LogP contribution in [0.25, 0.3) is 33.3 Å². The highest BCUT2D eigenvalue weighted by Crippen LogP contribution is 2.48. The second-order valence-electron chi connectivity index (χ2n) is 9.45. The third-order valence-corrected chi connectivity index (χ3v) is 7.13. The number of aromatic amines is 2. The second-order valence-corrected chi connectivity index (χ2v) is 9.45. The molecule has 10 heteroatoms. The molecular weight excluding hydrogens is 494 g/mol. The predicted octanol–water partition coefficient (Wildman–Crippen LogP) is 4.85. The maximum Gasteiger partial charge on any atom is 0.337 e. The van der Waals surface area contributed by atoms with E-state index in [2.05, 4.69) is 37.3 Å². The number of nitrogens with zero attached hydrogens (tertiary/aromatic N) is 4. The topological polar surface area (TPSA) is 121 Å². The van der Waals surface area contributed by atoms with Crippen LogP contribution in [-0.4, -0.2) is 37.6 Å². The Kier molecular flexibility index (Phi) is 5.02. The van der Waals surface area contributed by atoms with E-state index in [1.165, 1.54) is 7.11 Å². The summed E-state index contributed by atoms with van der Waals surface area (Å²) in [6.45, 7) is 0. The lowest BCUT2D eigenvalue weighted by molar-refractivity contribution is 0.0601. The van der Waals surface area contributed by atoms with E-state index in [-0.39, 0.29) is 11.9 Å². The summed E-state index contributed by atoms with van der Waals surface area (Å²) in [4.78, 5) is 41.3. The predicted molar refractivity (Wildman–Crippen MR) is 149 cm³/mol. The van der Waals surface area contributed by atoms with E-state index in [1.807, 2.05) is 54.1 Å². The van der Waals surface area contributed by atoms with Gasteiger partial charge in [-0.15, -0.1) is 0 Å². The summed E-state index contributed by atoms with van der Waals surface area (Å²) in [5.74, 6) is -0.409. The first-order chi connectivity index (χ1) is 19.0. The molecular formula is C29H23N7O3. The minimum atomic E-state index is -0.409. The van der Waals surface area contributed by atoms with Gasteiger partial charge in [-0.3, -0.25) is 0 Å². The Bertz CT molecular complexity index is 1970. The van der Waals surface area contributed by atoms with Crippen molar-refractivity contribution in [1.82, 2.24) is 24.5 Å². The molecule has 0 radical (unpaired) electrons. The maximum absolute atomic E-state index is 12.3. The van der Waals surface area contributed by atoms with Crippen molar-refractivity contribution in [1.29, 1.82) is 0 Å². The van der Waals surface area contributed by atoms with E-state index in [9.17, 15) is 9.59 Å². The lowest BCUT2D eigenvalue weighted by Gasteiger charge is -2.28. The van der Waals surface area contributed by atoms with Gasteiger partial charge < -0.3 is 29.5 Å². The summed E-state index contributed by atoms with van der Waals surface area (Å²) in [5.41, 5.74) is 7.68. The Balaban J connectivity index is 1.46. The van der Waals surface area contributed by atoms with Crippen LogP contribution in [0.15, 0.2) is 84.0 Å². The smallest absolute Gasteiger partial charge is 0.337 e. The number of imidazole rings is 2. The van der Waals surface area contributed by atoms with Crippen LogP contribution in [0.4, 0.5) is 17.1 Å². The highest BCUT2D eigenvalue weighted by molar-refractivity contribution is 5.96. The third-order valence-electron chi connectivity index (χ3n) is 7.13. The minimum absolute atomic E-state index is 0.262. The van der Waals surface area contributed by atoms with Gasteiger partial charge in [-0.25, -0.2) is 19.6 Å². The van der Waals surface area contributed by atoms with Gasteiger partial charge in [0.1, 0.15) is 6.17 Å².